The van der Waals surface area contributed by atoms with E-state index in [1.165, 1.54) is 32.1 Å². The first-order valence-electron chi connectivity index (χ1n) is 7.14. The van der Waals surface area contributed by atoms with Gasteiger partial charge in [0.25, 0.3) is 0 Å². The van der Waals surface area contributed by atoms with E-state index < -0.39 is 0 Å². The smallest absolute Gasteiger partial charge is 0.307 e. The molecule has 0 aromatic rings. The van der Waals surface area contributed by atoms with Crippen LogP contribution in [-0.4, -0.2) is 37.1 Å². The van der Waals surface area contributed by atoms with Crippen LogP contribution in [0.1, 0.15) is 52.4 Å². The van der Waals surface area contributed by atoms with E-state index in [9.17, 15) is 4.79 Å². The highest BCUT2D eigenvalue weighted by molar-refractivity contribution is 5.69. The maximum Gasteiger partial charge on any atom is 0.307 e. The summed E-state index contributed by atoms with van der Waals surface area (Å²) in [7, 11) is 0. The van der Waals surface area contributed by atoms with Gasteiger partial charge in [-0.2, -0.15) is 0 Å². The molecule has 0 aromatic heterocycles. The summed E-state index contributed by atoms with van der Waals surface area (Å²) in [5.74, 6) is 0.856. The lowest BCUT2D eigenvalue weighted by Crippen LogP contribution is -2.28. The predicted molar refractivity (Wildman–Crippen MR) is 69.9 cm³/mol. The normalized spacial score (nSPS) is 22.1. The number of hydrogen-bond donors (Lipinski definition) is 0. The standard InChI is InChI=1S/C14H27NO2/c1-3-6-13-7-5-10-15(11-8-13)12-9-14(16)17-4-2/h13H,3-12H2,1-2H3. The second-order valence-corrected chi connectivity index (χ2v) is 4.98. The Morgan fingerprint density at radius 3 is 2.82 bits per heavy atom. The summed E-state index contributed by atoms with van der Waals surface area (Å²) in [6.07, 6.45) is 7.17. The zero-order valence-electron chi connectivity index (χ0n) is 11.4. The monoisotopic (exact) mass is 241 g/mol. The average Bonchev–Trinajstić information content (AvgIpc) is 2.53. The first-order chi connectivity index (χ1) is 8.26. The van der Waals surface area contributed by atoms with Crippen molar-refractivity contribution in [3.8, 4) is 0 Å². The summed E-state index contributed by atoms with van der Waals surface area (Å²) in [5, 5.41) is 0. The molecular weight excluding hydrogens is 214 g/mol. The molecule has 3 heteroatoms. The Morgan fingerprint density at radius 1 is 1.29 bits per heavy atom. The van der Waals surface area contributed by atoms with E-state index in [1.54, 1.807) is 0 Å². The summed E-state index contributed by atoms with van der Waals surface area (Å²) in [5.41, 5.74) is 0. The molecule has 17 heavy (non-hydrogen) atoms. The van der Waals surface area contributed by atoms with Crippen LogP contribution in [0.15, 0.2) is 0 Å². The highest BCUT2D eigenvalue weighted by Crippen LogP contribution is 2.21. The number of hydrogen-bond acceptors (Lipinski definition) is 3. The predicted octanol–water partition coefficient (Wildman–Crippen LogP) is 2.84. The molecule has 1 unspecified atom stereocenters. The van der Waals surface area contributed by atoms with Crippen molar-refractivity contribution >= 4 is 5.97 Å². The van der Waals surface area contributed by atoms with Crippen LogP contribution in [0.25, 0.3) is 0 Å². The molecule has 1 aliphatic heterocycles. The van der Waals surface area contributed by atoms with Crippen LogP contribution in [0, 0.1) is 5.92 Å². The number of rotatable bonds is 6. The van der Waals surface area contributed by atoms with Gasteiger partial charge in [0.15, 0.2) is 0 Å². The molecule has 1 atom stereocenters. The summed E-state index contributed by atoms with van der Waals surface area (Å²) in [6.45, 7) is 7.81. The summed E-state index contributed by atoms with van der Waals surface area (Å²) < 4.78 is 4.96. The van der Waals surface area contributed by atoms with E-state index in [0.29, 0.717) is 13.0 Å². The Kier molecular flexibility index (Phi) is 7.25. The van der Waals surface area contributed by atoms with E-state index in [4.69, 9.17) is 4.74 Å². The molecule has 3 nitrogen and oxygen atoms in total. The Morgan fingerprint density at radius 2 is 2.12 bits per heavy atom. The Bertz CT molecular complexity index is 218. The number of nitrogens with zero attached hydrogens (tertiary/aromatic N) is 1. The lowest BCUT2D eigenvalue weighted by Gasteiger charge is -2.19. The van der Waals surface area contributed by atoms with E-state index in [1.807, 2.05) is 6.92 Å². The molecule has 100 valence electrons. The SMILES string of the molecule is CCCC1CCCN(CCC(=O)OCC)CC1. The molecule has 0 amide bonds. The zero-order chi connectivity index (χ0) is 12.5. The molecule has 0 bridgehead atoms. The van der Waals surface area contributed by atoms with E-state index in [0.717, 1.165) is 25.6 Å². The minimum absolute atomic E-state index is 0.0538. The molecule has 0 aliphatic carbocycles. The van der Waals surface area contributed by atoms with Gasteiger partial charge in [0.2, 0.25) is 0 Å². The van der Waals surface area contributed by atoms with Gasteiger partial charge in [-0.1, -0.05) is 19.8 Å². The van der Waals surface area contributed by atoms with Gasteiger partial charge in [-0.05, 0) is 45.2 Å². The molecule has 0 radical (unpaired) electrons. The van der Waals surface area contributed by atoms with E-state index >= 15 is 0 Å². The van der Waals surface area contributed by atoms with Crippen molar-refractivity contribution in [2.75, 3.05) is 26.2 Å². The summed E-state index contributed by atoms with van der Waals surface area (Å²) in [4.78, 5) is 13.7. The fraction of sp³-hybridized carbons (Fsp3) is 0.929. The summed E-state index contributed by atoms with van der Waals surface area (Å²) in [6, 6.07) is 0. The Labute approximate surface area is 106 Å². The zero-order valence-corrected chi connectivity index (χ0v) is 11.4. The molecule has 1 heterocycles. The van der Waals surface area contributed by atoms with Gasteiger partial charge in [-0.25, -0.2) is 0 Å². The minimum Gasteiger partial charge on any atom is -0.466 e. The third kappa shape index (κ3) is 6.06. The van der Waals surface area contributed by atoms with Crippen LogP contribution >= 0.6 is 0 Å². The molecule has 1 saturated heterocycles. The lowest BCUT2D eigenvalue weighted by molar-refractivity contribution is -0.143. The maximum absolute atomic E-state index is 11.3. The number of ether oxygens (including phenoxy) is 1. The molecule has 1 aliphatic rings. The second kappa shape index (κ2) is 8.51. The number of likely N-dealkylation sites (tertiary alicyclic amines) is 1. The van der Waals surface area contributed by atoms with Crippen LogP contribution in [0.2, 0.25) is 0 Å². The summed E-state index contributed by atoms with van der Waals surface area (Å²) >= 11 is 0. The molecule has 1 fully saturated rings. The largest absolute Gasteiger partial charge is 0.466 e. The Balaban J connectivity index is 2.19. The van der Waals surface area contributed by atoms with Gasteiger partial charge in [0, 0.05) is 6.54 Å². The van der Waals surface area contributed by atoms with Gasteiger partial charge in [0.1, 0.15) is 0 Å². The topological polar surface area (TPSA) is 29.5 Å². The molecular formula is C14H27NO2. The van der Waals surface area contributed by atoms with Crippen molar-refractivity contribution in [1.82, 2.24) is 4.90 Å². The van der Waals surface area contributed by atoms with Gasteiger partial charge in [0.05, 0.1) is 13.0 Å². The first-order valence-corrected chi connectivity index (χ1v) is 7.14. The first kappa shape index (κ1) is 14.5. The maximum atomic E-state index is 11.3. The van der Waals surface area contributed by atoms with Gasteiger partial charge in [-0.15, -0.1) is 0 Å². The molecule has 0 N–H and O–H groups in total. The highest BCUT2D eigenvalue weighted by atomic mass is 16.5. The fourth-order valence-electron chi connectivity index (χ4n) is 2.63. The van der Waals surface area contributed by atoms with Crippen molar-refractivity contribution < 1.29 is 9.53 Å². The molecule has 1 rings (SSSR count). The van der Waals surface area contributed by atoms with Crippen LogP contribution < -0.4 is 0 Å². The Hall–Kier alpha value is -0.570. The van der Waals surface area contributed by atoms with Gasteiger partial charge < -0.3 is 9.64 Å². The molecule has 0 spiro atoms. The fourth-order valence-corrected chi connectivity index (χ4v) is 2.63. The van der Waals surface area contributed by atoms with Crippen molar-refractivity contribution in [2.45, 2.75) is 52.4 Å². The molecule has 0 aromatic carbocycles. The van der Waals surface area contributed by atoms with Crippen molar-refractivity contribution in [1.29, 1.82) is 0 Å². The van der Waals surface area contributed by atoms with E-state index in [2.05, 4.69) is 11.8 Å². The van der Waals surface area contributed by atoms with Gasteiger partial charge in [-0.3, -0.25) is 4.79 Å². The third-order valence-electron chi connectivity index (χ3n) is 3.57. The highest BCUT2D eigenvalue weighted by Gasteiger charge is 2.16. The van der Waals surface area contributed by atoms with Crippen LogP contribution in [0.4, 0.5) is 0 Å². The van der Waals surface area contributed by atoms with Crippen molar-refractivity contribution in [3.05, 3.63) is 0 Å². The lowest BCUT2D eigenvalue weighted by atomic mass is 9.96. The van der Waals surface area contributed by atoms with E-state index in [-0.39, 0.29) is 5.97 Å². The van der Waals surface area contributed by atoms with Crippen LogP contribution in [0.3, 0.4) is 0 Å². The van der Waals surface area contributed by atoms with Crippen LogP contribution in [0.5, 0.6) is 0 Å². The number of esters is 1. The van der Waals surface area contributed by atoms with Crippen molar-refractivity contribution in [3.63, 3.8) is 0 Å². The minimum atomic E-state index is -0.0538. The quantitative estimate of drug-likeness (QED) is 0.670. The third-order valence-corrected chi connectivity index (χ3v) is 3.57. The van der Waals surface area contributed by atoms with Gasteiger partial charge >= 0.3 is 5.97 Å². The van der Waals surface area contributed by atoms with Crippen molar-refractivity contribution in [2.24, 2.45) is 5.92 Å². The number of carbonyl (C=O) groups is 1. The number of carbonyl (C=O) groups excluding carboxylic acids is 1. The molecule has 0 saturated carbocycles. The second-order valence-electron chi connectivity index (χ2n) is 4.98. The average molecular weight is 241 g/mol. The van der Waals surface area contributed by atoms with Crippen LogP contribution in [-0.2, 0) is 9.53 Å².